The summed E-state index contributed by atoms with van der Waals surface area (Å²) in [5, 5.41) is 6.34. The summed E-state index contributed by atoms with van der Waals surface area (Å²) in [7, 11) is 0. The molecule has 0 aliphatic heterocycles. The molecule has 9 aromatic carbocycles. The van der Waals surface area contributed by atoms with Crippen LogP contribution in [-0.4, -0.2) is 0 Å². The van der Waals surface area contributed by atoms with Gasteiger partial charge in [0.25, 0.3) is 0 Å². The van der Waals surface area contributed by atoms with Gasteiger partial charge in [-0.2, -0.15) is 0 Å². The van der Waals surface area contributed by atoms with Crippen LogP contribution in [0.1, 0.15) is 16.7 Å². The highest BCUT2D eigenvalue weighted by Crippen LogP contribution is 2.48. The lowest BCUT2D eigenvalue weighted by Crippen LogP contribution is -1.92. The summed E-state index contributed by atoms with van der Waals surface area (Å²) < 4.78 is 1.30. The first kappa shape index (κ1) is 34.0. The Kier molecular flexibility index (Phi) is 8.47. The van der Waals surface area contributed by atoms with Crippen molar-refractivity contribution in [1.29, 1.82) is 0 Å². The number of aryl methyl sites for hydroxylation is 3. The van der Waals surface area contributed by atoms with E-state index in [2.05, 4.69) is 209 Å². The Morgan fingerprint density at radius 1 is 0.268 bits per heavy atom. The Labute approximate surface area is 333 Å². The van der Waals surface area contributed by atoms with Crippen LogP contribution in [0, 0.1) is 20.8 Å². The lowest BCUT2D eigenvalue weighted by atomic mass is 9.84. The molecule has 10 aromatic rings. The number of benzene rings is 9. The smallest absolute Gasteiger partial charge is 0.0433 e. The third-order valence-corrected chi connectivity index (χ3v) is 12.5. The van der Waals surface area contributed by atoms with Gasteiger partial charge < -0.3 is 0 Å². The summed E-state index contributed by atoms with van der Waals surface area (Å²) in [4.78, 5) is 1.31. The lowest BCUT2D eigenvalue weighted by molar-refractivity contribution is 1.47. The van der Waals surface area contributed by atoms with E-state index in [1.807, 2.05) is 11.3 Å². The first-order chi connectivity index (χ1) is 27.5. The van der Waals surface area contributed by atoms with Crippen molar-refractivity contribution >= 4 is 43.0 Å². The number of thiophene rings is 1. The second-order valence-corrected chi connectivity index (χ2v) is 16.2. The van der Waals surface area contributed by atoms with Crippen LogP contribution in [0.15, 0.2) is 188 Å². The minimum Gasteiger partial charge on any atom is -0.135 e. The molecule has 0 amide bonds. The maximum atomic E-state index is 2.44. The largest absolute Gasteiger partial charge is 0.135 e. The number of hydrogen-bond acceptors (Lipinski definition) is 1. The predicted molar refractivity (Wildman–Crippen MR) is 244 cm³/mol. The summed E-state index contributed by atoms with van der Waals surface area (Å²) in [5.74, 6) is 0. The van der Waals surface area contributed by atoms with Gasteiger partial charge in [0.15, 0.2) is 0 Å². The molecule has 0 N–H and O–H groups in total. The van der Waals surface area contributed by atoms with Gasteiger partial charge in [0.1, 0.15) is 0 Å². The lowest BCUT2D eigenvalue weighted by Gasteiger charge is -2.19. The predicted octanol–water partition coefficient (Wildman–Crippen LogP) is 16.1. The number of fused-ring (bicyclic) bond motifs is 3. The van der Waals surface area contributed by atoms with Crippen LogP contribution in [-0.2, 0) is 0 Å². The fourth-order valence-corrected chi connectivity index (χ4v) is 9.63. The second-order valence-electron chi connectivity index (χ2n) is 15.1. The molecular weight excluding hydrogens is 693 g/mol. The highest BCUT2D eigenvalue weighted by atomic mass is 32.1. The third-order valence-electron chi connectivity index (χ3n) is 11.3. The minimum absolute atomic E-state index is 1.22. The van der Waals surface area contributed by atoms with E-state index in [1.165, 1.54) is 114 Å². The van der Waals surface area contributed by atoms with Gasteiger partial charge in [0.05, 0.1) is 0 Å². The van der Waals surface area contributed by atoms with E-state index in [9.17, 15) is 0 Å². The van der Waals surface area contributed by atoms with Gasteiger partial charge >= 0.3 is 0 Å². The quantitative estimate of drug-likeness (QED) is 0.149. The van der Waals surface area contributed by atoms with E-state index in [0.717, 1.165) is 0 Å². The molecule has 266 valence electrons. The van der Waals surface area contributed by atoms with Gasteiger partial charge in [0.2, 0.25) is 0 Å². The molecule has 1 aromatic heterocycles. The minimum atomic E-state index is 1.22. The van der Waals surface area contributed by atoms with Gasteiger partial charge in [-0.25, -0.2) is 0 Å². The van der Waals surface area contributed by atoms with Crippen molar-refractivity contribution in [2.75, 3.05) is 0 Å². The molecule has 0 spiro atoms. The zero-order valence-corrected chi connectivity index (χ0v) is 32.6. The first-order valence-electron chi connectivity index (χ1n) is 19.4. The molecule has 0 unspecified atom stereocenters. The Bertz CT molecular complexity index is 3040. The van der Waals surface area contributed by atoms with Crippen LogP contribution in [0.2, 0.25) is 0 Å². The van der Waals surface area contributed by atoms with Crippen LogP contribution in [0.5, 0.6) is 0 Å². The molecule has 0 fully saturated rings. The van der Waals surface area contributed by atoms with Crippen LogP contribution >= 0.6 is 11.3 Å². The van der Waals surface area contributed by atoms with E-state index >= 15 is 0 Å². The normalized spacial score (nSPS) is 11.5. The number of hydrogen-bond donors (Lipinski definition) is 0. The van der Waals surface area contributed by atoms with Crippen molar-refractivity contribution in [3.8, 4) is 66.1 Å². The molecule has 0 radical (unpaired) electrons. The van der Waals surface area contributed by atoms with Crippen molar-refractivity contribution in [2.24, 2.45) is 0 Å². The summed E-state index contributed by atoms with van der Waals surface area (Å²) in [6.07, 6.45) is 0. The third kappa shape index (κ3) is 6.02. The summed E-state index contributed by atoms with van der Waals surface area (Å²) in [6.45, 7) is 6.46. The zero-order chi connectivity index (χ0) is 37.8. The highest BCUT2D eigenvalue weighted by molar-refractivity contribution is 7.23. The van der Waals surface area contributed by atoms with Gasteiger partial charge in [-0.1, -0.05) is 187 Å². The van der Waals surface area contributed by atoms with Crippen LogP contribution < -0.4 is 0 Å². The standard InChI is InChI=1S/C55H40S/c1-35-14-20-38(21-15-35)43-26-29-46-49(32-43)52(39-10-6-4-7-11-39)47-30-27-44(33-50(47)53(46)40-12-8-5-9-13-40)45-28-31-48-51(34-45)56-55(42-24-18-37(3)19-25-42)54(48)41-22-16-36(2)17-23-41/h4-34H,1-3H3. The van der Waals surface area contributed by atoms with Crippen LogP contribution in [0.25, 0.3) is 97.7 Å². The Morgan fingerprint density at radius 2 is 0.643 bits per heavy atom. The average Bonchev–Trinajstić information content (AvgIpc) is 3.62. The molecule has 0 atom stereocenters. The maximum absolute atomic E-state index is 2.44. The molecule has 10 rings (SSSR count). The molecule has 0 aliphatic carbocycles. The molecule has 0 saturated carbocycles. The SMILES string of the molecule is Cc1ccc(-c2ccc3c(-c4ccccc4)c4cc(-c5ccc6c(-c7ccc(C)cc7)c(-c7ccc(C)cc7)sc6c5)ccc4c(-c4ccccc4)c3c2)cc1. The van der Waals surface area contributed by atoms with Crippen molar-refractivity contribution < 1.29 is 0 Å². The Balaban J connectivity index is 1.22. The summed E-state index contributed by atoms with van der Waals surface area (Å²) in [6, 6.07) is 70.0. The van der Waals surface area contributed by atoms with E-state index in [4.69, 9.17) is 0 Å². The number of rotatable bonds is 6. The van der Waals surface area contributed by atoms with Gasteiger partial charge in [0, 0.05) is 20.5 Å². The molecule has 1 heteroatoms. The van der Waals surface area contributed by atoms with Crippen molar-refractivity contribution in [2.45, 2.75) is 20.8 Å². The fraction of sp³-hybridized carbons (Fsp3) is 0.0545. The average molecular weight is 733 g/mol. The Hall–Kier alpha value is -6.54. The monoisotopic (exact) mass is 732 g/mol. The molecule has 0 nitrogen and oxygen atoms in total. The molecule has 0 aliphatic rings. The van der Waals surface area contributed by atoms with Crippen LogP contribution in [0.3, 0.4) is 0 Å². The first-order valence-corrected chi connectivity index (χ1v) is 20.2. The molecule has 56 heavy (non-hydrogen) atoms. The molecule has 1 heterocycles. The fourth-order valence-electron chi connectivity index (χ4n) is 8.36. The van der Waals surface area contributed by atoms with Crippen molar-refractivity contribution in [1.82, 2.24) is 0 Å². The second kappa shape index (κ2) is 13.9. The van der Waals surface area contributed by atoms with Gasteiger partial charge in [-0.3, -0.25) is 0 Å². The molecule has 0 bridgehead atoms. The highest BCUT2D eigenvalue weighted by Gasteiger charge is 2.20. The van der Waals surface area contributed by atoms with Gasteiger partial charge in [-0.15, -0.1) is 11.3 Å². The van der Waals surface area contributed by atoms with E-state index in [0.29, 0.717) is 0 Å². The topological polar surface area (TPSA) is 0 Å². The van der Waals surface area contributed by atoms with Crippen molar-refractivity contribution in [3.05, 3.63) is 205 Å². The summed E-state index contributed by atoms with van der Waals surface area (Å²) >= 11 is 1.90. The van der Waals surface area contributed by atoms with Gasteiger partial charge in [-0.05, 0) is 116 Å². The Morgan fingerprint density at radius 3 is 1.14 bits per heavy atom. The maximum Gasteiger partial charge on any atom is 0.0433 e. The molecule has 0 saturated heterocycles. The van der Waals surface area contributed by atoms with Crippen molar-refractivity contribution in [3.63, 3.8) is 0 Å². The zero-order valence-electron chi connectivity index (χ0n) is 31.8. The van der Waals surface area contributed by atoms with Crippen LogP contribution in [0.4, 0.5) is 0 Å². The van der Waals surface area contributed by atoms with E-state index in [1.54, 1.807) is 0 Å². The van der Waals surface area contributed by atoms with E-state index < -0.39 is 0 Å². The summed E-state index contributed by atoms with van der Waals surface area (Å²) in [5.41, 5.74) is 17.5. The molecular formula is C55H40S. The van der Waals surface area contributed by atoms with E-state index in [-0.39, 0.29) is 0 Å².